The monoisotopic (exact) mass is 170 g/mol. The Hall–Kier alpha value is -0.770. The molecule has 2 aliphatic rings. The summed E-state index contributed by atoms with van der Waals surface area (Å²) in [4.78, 5) is 10.4. The fourth-order valence-electron chi connectivity index (χ4n) is 2.00. The highest BCUT2D eigenvalue weighted by atomic mass is 16.4. The van der Waals surface area contributed by atoms with Crippen molar-refractivity contribution in [1.82, 2.24) is 10.6 Å². The van der Waals surface area contributed by atoms with Crippen molar-refractivity contribution in [2.75, 3.05) is 6.54 Å². The summed E-state index contributed by atoms with van der Waals surface area (Å²) < 4.78 is 0. The molecule has 0 unspecified atom stereocenters. The molecular formula is C8H14N2O2. The first-order valence-corrected chi connectivity index (χ1v) is 4.50. The van der Waals surface area contributed by atoms with Gasteiger partial charge < -0.3 is 15.7 Å². The van der Waals surface area contributed by atoms with E-state index in [0.717, 1.165) is 18.9 Å². The smallest absolute Gasteiger partial charge is 0.404 e. The molecule has 1 aliphatic carbocycles. The number of carboxylic acid groups (broad SMARTS) is 1. The summed E-state index contributed by atoms with van der Waals surface area (Å²) in [5.41, 5.74) is 0. The van der Waals surface area contributed by atoms with Gasteiger partial charge in [0.1, 0.15) is 0 Å². The van der Waals surface area contributed by atoms with Gasteiger partial charge in [-0.15, -0.1) is 0 Å². The fraction of sp³-hybridized carbons (Fsp3) is 0.875. The van der Waals surface area contributed by atoms with Crippen LogP contribution in [0.2, 0.25) is 0 Å². The highest BCUT2D eigenvalue weighted by Crippen LogP contribution is 2.36. The lowest BCUT2D eigenvalue weighted by Crippen LogP contribution is -2.44. The highest BCUT2D eigenvalue weighted by molar-refractivity contribution is 5.65. The quantitative estimate of drug-likeness (QED) is 0.562. The number of hydrogen-bond donors (Lipinski definition) is 3. The van der Waals surface area contributed by atoms with Crippen molar-refractivity contribution >= 4 is 6.09 Å². The second kappa shape index (κ2) is 2.94. The number of amides is 1. The minimum atomic E-state index is -0.894. The maximum atomic E-state index is 10.4. The Morgan fingerprint density at radius 1 is 1.42 bits per heavy atom. The zero-order chi connectivity index (χ0) is 8.55. The summed E-state index contributed by atoms with van der Waals surface area (Å²) in [5, 5.41) is 14.5. The van der Waals surface area contributed by atoms with Gasteiger partial charge in [0.25, 0.3) is 0 Å². The molecular weight excluding hydrogens is 156 g/mol. The summed E-state index contributed by atoms with van der Waals surface area (Å²) in [6.45, 7) is 0.951. The maximum absolute atomic E-state index is 10.4. The van der Waals surface area contributed by atoms with Crippen molar-refractivity contribution in [2.24, 2.45) is 5.92 Å². The molecule has 1 saturated heterocycles. The lowest BCUT2D eigenvalue weighted by molar-refractivity contribution is 0.188. The molecule has 3 N–H and O–H groups in total. The Morgan fingerprint density at radius 3 is 2.75 bits per heavy atom. The van der Waals surface area contributed by atoms with Crippen LogP contribution >= 0.6 is 0 Å². The largest absolute Gasteiger partial charge is 0.465 e. The summed E-state index contributed by atoms with van der Waals surface area (Å²) in [5.74, 6) is 0.726. The van der Waals surface area contributed by atoms with Gasteiger partial charge in [0.2, 0.25) is 0 Å². The molecule has 0 bridgehead atoms. The fourth-order valence-corrected chi connectivity index (χ4v) is 2.00. The van der Waals surface area contributed by atoms with Gasteiger partial charge in [0.15, 0.2) is 0 Å². The third kappa shape index (κ3) is 1.53. The molecule has 0 radical (unpaired) electrons. The Bertz CT molecular complexity index is 191. The van der Waals surface area contributed by atoms with Gasteiger partial charge in [-0.3, -0.25) is 0 Å². The van der Waals surface area contributed by atoms with Crippen LogP contribution in [0.15, 0.2) is 0 Å². The summed E-state index contributed by atoms with van der Waals surface area (Å²) in [7, 11) is 0. The van der Waals surface area contributed by atoms with Crippen LogP contribution in [-0.2, 0) is 0 Å². The zero-order valence-corrected chi connectivity index (χ0v) is 6.92. The van der Waals surface area contributed by atoms with Crippen LogP contribution in [0.5, 0.6) is 0 Å². The van der Waals surface area contributed by atoms with Crippen molar-refractivity contribution in [3.8, 4) is 0 Å². The van der Waals surface area contributed by atoms with Crippen LogP contribution in [0.3, 0.4) is 0 Å². The van der Waals surface area contributed by atoms with Crippen LogP contribution in [-0.4, -0.2) is 29.8 Å². The van der Waals surface area contributed by atoms with E-state index in [2.05, 4.69) is 10.6 Å². The van der Waals surface area contributed by atoms with E-state index in [9.17, 15) is 4.79 Å². The topological polar surface area (TPSA) is 61.4 Å². The Kier molecular flexibility index (Phi) is 1.92. The average molecular weight is 170 g/mol. The van der Waals surface area contributed by atoms with Crippen LogP contribution in [0.4, 0.5) is 4.79 Å². The Balaban J connectivity index is 1.89. The maximum Gasteiger partial charge on any atom is 0.404 e. The highest BCUT2D eigenvalue weighted by Gasteiger charge is 2.39. The van der Waals surface area contributed by atoms with E-state index in [-0.39, 0.29) is 6.04 Å². The molecule has 12 heavy (non-hydrogen) atoms. The van der Waals surface area contributed by atoms with E-state index < -0.39 is 6.09 Å². The van der Waals surface area contributed by atoms with Crippen molar-refractivity contribution in [3.05, 3.63) is 0 Å². The van der Waals surface area contributed by atoms with Gasteiger partial charge in [-0.25, -0.2) is 4.79 Å². The third-order valence-corrected chi connectivity index (χ3v) is 2.71. The number of rotatable bonds is 2. The molecule has 0 aromatic rings. The minimum Gasteiger partial charge on any atom is -0.465 e. The molecule has 1 saturated carbocycles. The Morgan fingerprint density at radius 2 is 2.17 bits per heavy atom. The first-order chi connectivity index (χ1) is 5.77. The van der Waals surface area contributed by atoms with Gasteiger partial charge in [-0.1, -0.05) is 0 Å². The van der Waals surface area contributed by atoms with Gasteiger partial charge in [-0.2, -0.15) is 0 Å². The van der Waals surface area contributed by atoms with Crippen molar-refractivity contribution in [3.63, 3.8) is 0 Å². The van der Waals surface area contributed by atoms with Gasteiger partial charge in [-0.05, 0) is 31.7 Å². The van der Waals surface area contributed by atoms with Crippen LogP contribution in [0.1, 0.15) is 19.3 Å². The first kappa shape index (κ1) is 7.86. The number of nitrogens with one attached hydrogen (secondary N) is 2. The lowest BCUT2D eigenvalue weighted by Gasteiger charge is -2.18. The standard InChI is InChI=1S/C8H14N2O2/c11-8(12)10-6-3-4-9-7(6)5-1-2-5/h5-7,9-10H,1-4H2,(H,11,12)/t6-,7+/m1/s1. The summed E-state index contributed by atoms with van der Waals surface area (Å²) in [6.07, 6.45) is 2.56. The van der Waals surface area contributed by atoms with E-state index in [0.29, 0.717) is 6.04 Å². The predicted molar refractivity (Wildman–Crippen MR) is 44.1 cm³/mol. The molecule has 68 valence electrons. The third-order valence-electron chi connectivity index (χ3n) is 2.71. The van der Waals surface area contributed by atoms with Crippen molar-refractivity contribution in [1.29, 1.82) is 0 Å². The van der Waals surface area contributed by atoms with Gasteiger partial charge in [0.05, 0.1) is 0 Å². The van der Waals surface area contributed by atoms with Crippen LogP contribution < -0.4 is 10.6 Å². The molecule has 1 amide bonds. The van der Waals surface area contributed by atoms with E-state index in [1.807, 2.05) is 0 Å². The second-order valence-electron chi connectivity index (χ2n) is 3.66. The van der Waals surface area contributed by atoms with E-state index in [4.69, 9.17) is 5.11 Å². The predicted octanol–water partition coefficient (Wildman–Crippen LogP) is 0.394. The first-order valence-electron chi connectivity index (χ1n) is 4.50. The van der Waals surface area contributed by atoms with E-state index >= 15 is 0 Å². The molecule has 0 aromatic heterocycles. The molecule has 4 heteroatoms. The molecule has 2 fully saturated rings. The minimum absolute atomic E-state index is 0.148. The molecule has 2 atom stereocenters. The molecule has 2 rings (SSSR count). The van der Waals surface area contributed by atoms with Crippen LogP contribution in [0, 0.1) is 5.92 Å². The number of carbonyl (C=O) groups is 1. The normalized spacial score (nSPS) is 35.0. The van der Waals surface area contributed by atoms with Crippen molar-refractivity contribution < 1.29 is 9.90 Å². The van der Waals surface area contributed by atoms with Crippen molar-refractivity contribution in [2.45, 2.75) is 31.3 Å². The average Bonchev–Trinajstić information content (AvgIpc) is 2.73. The molecule has 0 spiro atoms. The van der Waals surface area contributed by atoms with E-state index in [1.165, 1.54) is 12.8 Å². The van der Waals surface area contributed by atoms with Crippen LogP contribution in [0.25, 0.3) is 0 Å². The summed E-state index contributed by atoms with van der Waals surface area (Å²) in [6, 6.07) is 0.552. The van der Waals surface area contributed by atoms with Gasteiger partial charge in [0, 0.05) is 12.1 Å². The SMILES string of the molecule is O=C(O)N[C@@H]1CCN[C@H]1C1CC1. The Labute approximate surface area is 71.3 Å². The number of hydrogen-bond acceptors (Lipinski definition) is 2. The molecule has 1 heterocycles. The lowest BCUT2D eigenvalue weighted by atomic mass is 10.1. The van der Waals surface area contributed by atoms with Gasteiger partial charge >= 0.3 is 6.09 Å². The second-order valence-corrected chi connectivity index (χ2v) is 3.66. The van der Waals surface area contributed by atoms with E-state index in [1.54, 1.807) is 0 Å². The molecule has 4 nitrogen and oxygen atoms in total. The molecule has 0 aromatic carbocycles. The summed E-state index contributed by atoms with van der Waals surface area (Å²) >= 11 is 0. The molecule has 1 aliphatic heterocycles. The zero-order valence-electron chi connectivity index (χ0n) is 6.92.